The molecule has 0 radical (unpaired) electrons. The maximum Gasteiger partial charge on any atom is 0.286 e. The molecule has 0 saturated heterocycles. The van der Waals surface area contributed by atoms with E-state index in [1.54, 1.807) is 12.3 Å². The normalized spacial score (nSPS) is 11.0. The molecule has 4 aromatic rings. The van der Waals surface area contributed by atoms with Crippen molar-refractivity contribution in [3.8, 4) is 11.4 Å². The average molecular weight is 431 g/mol. The summed E-state index contributed by atoms with van der Waals surface area (Å²) in [6.07, 6.45) is 1.56. The third kappa shape index (κ3) is 4.12. The number of furan rings is 1. The summed E-state index contributed by atoms with van der Waals surface area (Å²) in [5, 5.41) is 20.1. The van der Waals surface area contributed by atoms with Gasteiger partial charge in [-0.05, 0) is 37.3 Å². The predicted octanol–water partition coefficient (Wildman–Crippen LogP) is 3.10. The quantitative estimate of drug-likeness (QED) is 0.352. The molecule has 0 unspecified atom stereocenters. The number of amides is 1. The molecule has 0 fully saturated rings. The van der Waals surface area contributed by atoms with E-state index in [2.05, 4.69) is 25.7 Å². The highest BCUT2D eigenvalue weighted by atomic mass is 32.2. The monoisotopic (exact) mass is 431 g/mol. The number of thioether (sulfide) groups is 1. The molecular formula is C17H14FN7O2S2. The Bertz CT molecular complexity index is 1150. The Morgan fingerprint density at radius 3 is 2.76 bits per heavy atom. The fourth-order valence-corrected chi connectivity index (χ4v) is 4.00. The number of nitrogen functional groups attached to an aromatic ring is 1. The molecule has 148 valence electrons. The summed E-state index contributed by atoms with van der Waals surface area (Å²) in [5.41, 5.74) is 1.24. The second-order valence-electron chi connectivity index (χ2n) is 5.82. The lowest BCUT2D eigenvalue weighted by Crippen LogP contribution is -2.11. The Kier molecular flexibility index (Phi) is 5.27. The number of anilines is 1. The number of hydrogen-bond acceptors (Lipinski definition) is 9. The van der Waals surface area contributed by atoms with Gasteiger partial charge in [0, 0.05) is 5.69 Å². The van der Waals surface area contributed by atoms with E-state index in [-0.39, 0.29) is 10.8 Å². The van der Waals surface area contributed by atoms with Crippen molar-refractivity contribution in [3.05, 3.63) is 58.2 Å². The van der Waals surface area contributed by atoms with Crippen molar-refractivity contribution < 1.29 is 13.6 Å². The molecule has 9 nitrogen and oxygen atoms in total. The van der Waals surface area contributed by atoms with Gasteiger partial charge in [-0.1, -0.05) is 23.1 Å². The molecule has 12 heteroatoms. The van der Waals surface area contributed by atoms with Crippen molar-refractivity contribution in [3.63, 3.8) is 0 Å². The minimum atomic E-state index is -0.412. The van der Waals surface area contributed by atoms with Gasteiger partial charge in [-0.2, -0.15) is 0 Å². The SMILES string of the molecule is Cc1occc1-c1nnc(SCc2nnc(C(=O)Nc3ccc(F)cc3)s2)n1N. The summed E-state index contributed by atoms with van der Waals surface area (Å²) >= 11 is 2.48. The Hall–Kier alpha value is -3.25. The van der Waals surface area contributed by atoms with Gasteiger partial charge in [0.1, 0.15) is 16.6 Å². The molecule has 0 bridgehead atoms. The molecule has 0 aliphatic heterocycles. The second kappa shape index (κ2) is 8.01. The number of aromatic nitrogens is 5. The summed E-state index contributed by atoms with van der Waals surface area (Å²) in [4.78, 5) is 12.2. The van der Waals surface area contributed by atoms with Crippen LogP contribution in [-0.4, -0.2) is 31.0 Å². The summed E-state index contributed by atoms with van der Waals surface area (Å²) in [5.74, 6) is 6.90. The molecule has 3 aromatic heterocycles. The third-order valence-corrected chi connectivity index (χ3v) is 5.91. The standard InChI is InChI=1S/C17H14FN7O2S2/c1-9-12(6-7-27-9)14-22-24-17(25(14)19)28-8-13-21-23-16(29-13)15(26)20-11-4-2-10(18)3-5-11/h2-7H,8,19H2,1H3,(H,20,26). The fraction of sp³-hybridized carbons (Fsp3) is 0.118. The van der Waals surface area contributed by atoms with Crippen LogP contribution in [0.3, 0.4) is 0 Å². The predicted molar refractivity (Wildman–Crippen MR) is 106 cm³/mol. The molecule has 29 heavy (non-hydrogen) atoms. The van der Waals surface area contributed by atoms with Crippen LogP contribution in [0.25, 0.3) is 11.4 Å². The van der Waals surface area contributed by atoms with Crippen LogP contribution in [0.4, 0.5) is 10.1 Å². The molecule has 3 heterocycles. The topological polar surface area (TPSA) is 125 Å². The summed E-state index contributed by atoms with van der Waals surface area (Å²) < 4.78 is 19.6. The number of rotatable bonds is 6. The van der Waals surface area contributed by atoms with Crippen molar-refractivity contribution in [1.29, 1.82) is 0 Å². The first-order valence-corrected chi connectivity index (χ1v) is 10.1. The third-order valence-electron chi connectivity index (χ3n) is 3.85. The first-order valence-electron chi connectivity index (χ1n) is 8.28. The molecule has 0 saturated carbocycles. The number of aryl methyl sites for hydroxylation is 1. The van der Waals surface area contributed by atoms with E-state index in [0.717, 1.165) is 16.9 Å². The van der Waals surface area contributed by atoms with E-state index >= 15 is 0 Å². The van der Waals surface area contributed by atoms with Crippen molar-refractivity contribution in [1.82, 2.24) is 25.1 Å². The van der Waals surface area contributed by atoms with Gasteiger partial charge in [-0.15, -0.1) is 20.4 Å². The zero-order valence-electron chi connectivity index (χ0n) is 15.0. The zero-order chi connectivity index (χ0) is 20.4. The van der Waals surface area contributed by atoms with Gasteiger partial charge in [0.05, 0.1) is 17.6 Å². The van der Waals surface area contributed by atoms with Gasteiger partial charge in [0.15, 0.2) is 5.82 Å². The van der Waals surface area contributed by atoms with E-state index in [0.29, 0.717) is 33.2 Å². The van der Waals surface area contributed by atoms with Crippen LogP contribution in [0.15, 0.2) is 46.2 Å². The number of benzene rings is 1. The largest absolute Gasteiger partial charge is 0.469 e. The van der Waals surface area contributed by atoms with Gasteiger partial charge in [-0.25, -0.2) is 9.07 Å². The average Bonchev–Trinajstić information content (AvgIpc) is 3.42. The number of hydrogen-bond donors (Lipinski definition) is 2. The van der Waals surface area contributed by atoms with Crippen molar-refractivity contribution in [2.45, 2.75) is 17.8 Å². The molecule has 3 N–H and O–H groups in total. The van der Waals surface area contributed by atoms with E-state index in [9.17, 15) is 9.18 Å². The van der Waals surface area contributed by atoms with Crippen molar-refractivity contribution >= 4 is 34.7 Å². The van der Waals surface area contributed by atoms with E-state index < -0.39 is 5.91 Å². The number of nitrogens with zero attached hydrogens (tertiary/aromatic N) is 5. The fourth-order valence-electron chi connectivity index (χ4n) is 2.42. The van der Waals surface area contributed by atoms with E-state index in [1.807, 2.05) is 6.92 Å². The Labute approximate surface area is 172 Å². The van der Waals surface area contributed by atoms with Gasteiger partial charge in [0.25, 0.3) is 5.91 Å². The second-order valence-corrected chi connectivity index (χ2v) is 7.82. The van der Waals surface area contributed by atoms with Crippen LogP contribution in [0.2, 0.25) is 0 Å². The van der Waals surface area contributed by atoms with Crippen molar-refractivity contribution in [2.75, 3.05) is 11.2 Å². The van der Waals surface area contributed by atoms with Crippen LogP contribution < -0.4 is 11.2 Å². The Balaban J connectivity index is 1.40. The molecule has 0 atom stereocenters. The Morgan fingerprint density at radius 2 is 2.03 bits per heavy atom. The molecular weight excluding hydrogens is 417 g/mol. The minimum Gasteiger partial charge on any atom is -0.469 e. The summed E-state index contributed by atoms with van der Waals surface area (Å²) in [6, 6.07) is 7.24. The van der Waals surface area contributed by atoms with Gasteiger partial charge in [-0.3, -0.25) is 4.79 Å². The lowest BCUT2D eigenvalue weighted by Gasteiger charge is -2.02. The molecule has 0 spiro atoms. The minimum absolute atomic E-state index is 0.203. The first kappa shape index (κ1) is 19.1. The molecule has 1 amide bonds. The molecule has 0 aliphatic carbocycles. The van der Waals surface area contributed by atoms with Gasteiger partial charge in [0.2, 0.25) is 10.2 Å². The number of carbonyl (C=O) groups excluding carboxylic acids is 1. The maximum atomic E-state index is 12.9. The number of nitrogens with two attached hydrogens (primary N) is 1. The highest BCUT2D eigenvalue weighted by molar-refractivity contribution is 7.98. The van der Waals surface area contributed by atoms with Gasteiger partial charge >= 0.3 is 0 Å². The highest BCUT2D eigenvalue weighted by Gasteiger charge is 2.17. The first-order chi connectivity index (χ1) is 14.0. The molecule has 1 aromatic carbocycles. The van der Waals surface area contributed by atoms with Crippen LogP contribution in [0.1, 0.15) is 20.6 Å². The number of halogens is 1. The zero-order valence-corrected chi connectivity index (χ0v) is 16.6. The van der Waals surface area contributed by atoms with Crippen molar-refractivity contribution in [2.24, 2.45) is 0 Å². The number of nitrogens with one attached hydrogen (secondary N) is 1. The van der Waals surface area contributed by atoms with Gasteiger partial charge < -0.3 is 15.6 Å². The molecule has 0 aliphatic rings. The smallest absolute Gasteiger partial charge is 0.286 e. The van der Waals surface area contributed by atoms with Crippen LogP contribution >= 0.6 is 23.1 Å². The molecule has 4 rings (SSSR count). The van der Waals surface area contributed by atoms with Crippen LogP contribution in [-0.2, 0) is 5.75 Å². The lowest BCUT2D eigenvalue weighted by atomic mass is 10.2. The van der Waals surface area contributed by atoms with E-state index in [1.165, 1.54) is 40.7 Å². The summed E-state index contributed by atoms with van der Waals surface area (Å²) in [6.45, 7) is 1.82. The summed E-state index contributed by atoms with van der Waals surface area (Å²) in [7, 11) is 0. The van der Waals surface area contributed by atoms with E-state index in [4.69, 9.17) is 10.3 Å². The maximum absolute atomic E-state index is 12.9. The number of carbonyl (C=O) groups is 1. The highest BCUT2D eigenvalue weighted by Crippen LogP contribution is 2.27. The lowest BCUT2D eigenvalue weighted by molar-refractivity contribution is 0.102. The van der Waals surface area contributed by atoms with Crippen LogP contribution in [0, 0.1) is 12.7 Å². The Morgan fingerprint density at radius 1 is 1.24 bits per heavy atom. The van der Waals surface area contributed by atoms with Crippen LogP contribution in [0.5, 0.6) is 0 Å².